The van der Waals surface area contributed by atoms with E-state index in [1.165, 1.54) is 5.69 Å². The summed E-state index contributed by atoms with van der Waals surface area (Å²) in [5, 5.41) is 0. The number of sulfonamides is 1. The van der Waals surface area contributed by atoms with E-state index in [2.05, 4.69) is 68.0 Å². The van der Waals surface area contributed by atoms with Crippen LogP contribution in [0.15, 0.2) is 54.6 Å². The molecule has 2 aromatic rings. The van der Waals surface area contributed by atoms with Gasteiger partial charge in [0, 0.05) is 64.2 Å². The molecule has 7 heteroatoms. The molecule has 1 atom stereocenters. The summed E-state index contributed by atoms with van der Waals surface area (Å²) in [6.45, 7) is 5.93. The van der Waals surface area contributed by atoms with Gasteiger partial charge in [-0.3, -0.25) is 4.90 Å². The van der Waals surface area contributed by atoms with Crippen LogP contribution >= 0.6 is 0 Å². The van der Waals surface area contributed by atoms with Crippen LogP contribution in [0, 0.1) is 0 Å². The van der Waals surface area contributed by atoms with Crippen LogP contribution in [0.2, 0.25) is 0 Å². The molecular formula is C23H34N4O2S. The van der Waals surface area contributed by atoms with Crippen LogP contribution in [0.3, 0.4) is 0 Å². The quantitative estimate of drug-likeness (QED) is 0.663. The molecule has 0 radical (unpaired) electrons. The highest BCUT2D eigenvalue weighted by Crippen LogP contribution is 2.26. The van der Waals surface area contributed by atoms with Crippen molar-refractivity contribution in [3.8, 4) is 0 Å². The first-order chi connectivity index (χ1) is 14.4. The first kappa shape index (κ1) is 22.6. The summed E-state index contributed by atoms with van der Waals surface area (Å²) >= 11 is 0. The van der Waals surface area contributed by atoms with Gasteiger partial charge >= 0.3 is 0 Å². The molecular weight excluding hydrogens is 396 g/mol. The summed E-state index contributed by atoms with van der Waals surface area (Å²) in [5.74, 6) is 0.168. The van der Waals surface area contributed by atoms with Crippen LogP contribution in [-0.2, 0) is 10.0 Å². The Labute approximate surface area is 181 Å². The van der Waals surface area contributed by atoms with Crippen LogP contribution in [0.5, 0.6) is 0 Å². The lowest BCUT2D eigenvalue weighted by Crippen LogP contribution is -2.50. The maximum absolute atomic E-state index is 12.3. The van der Waals surface area contributed by atoms with E-state index in [-0.39, 0.29) is 11.8 Å². The summed E-state index contributed by atoms with van der Waals surface area (Å²) in [5.41, 5.74) is 3.53. The summed E-state index contributed by atoms with van der Waals surface area (Å²) in [6, 6.07) is 18.9. The Kier molecular flexibility index (Phi) is 7.75. The van der Waals surface area contributed by atoms with Gasteiger partial charge in [-0.15, -0.1) is 0 Å². The molecule has 0 aromatic heterocycles. The summed E-state index contributed by atoms with van der Waals surface area (Å²) < 4.78 is 27.4. The molecule has 0 aliphatic carbocycles. The van der Waals surface area contributed by atoms with E-state index < -0.39 is 10.0 Å². The van der Waals surface area contributed by atoms with E-state index in [9.17, 15) is 8.42 Å². The van der Waals surface area contributed by atoms with E-state index in [0.717, 1.165) is 37.4 Å². The van der Waals surface area contributed by atoms with E-state index in [4.69, 9.17) is 0 Å². The fourth-order valence-corrected chi connectivity index (χ4v) is 5.02. The van der Waals surface area contributed by atoms with Crippen molar-refractivity contribution < 1.29 is 8.42 Å². The van der Waals surface area contributed by atoms with Crippen molar-refractivity contribution >= 4 is 21.4 Å². The van der Waals surface area contributed by atoms with Gasteiger partial charge in [0.2, 0.25) is 10.0 Å². The van der Waals surface area contributed by atoms with Gasteiger partial charge in [0.15, 0.2) is 0 Å². The lowest BCUT2D eigenvalue weighted by Gasteiger charge is -2.40. The van der Waals surface area contributed by atoms with Gasteiger partial charge < -0.3 is 9.80 Å². The molecule has 30 heavy (non-hydrogen) atoms. The maximum Gasteiger partial charge on any atom is 0.211 e. The number of anilines is 2. The van der Waals surface area contributed by atoms with Crippen LogP contribution in [0.25, 0.3) is 0 Å². The number of nitrogens with one attached hydrogen (secondary N) is 1. The average molecular weight is 431 g/mol. The normalized spacial score (nSPS) is 16.4. The molecule has 1 fully saturated rings. The zero-order valence-corrected chi connectivity index (χ0v) is 19.1. The van der Waals surface area contributed by atoms with Crippen molar-refractivity contribution in [1.82, 2.24) is 9.62 Å². The third-order valence-electron chi connectivity index (χ3n) is 5.64. The number of benzene rings is 2. The number of hydrogen-bond donors (Lipinski definition) is 1. The predicted molar refractivity (Wildman–Crippen MR) is 126 cm³/mol. The lowest BCUT2D eigenvalue weighted by atomic mass is 10.0. The van der Waals surface area contributed by atoms with E-state index in [1.807, 2.05) is 27.1 Å². The second-order valence-electron chi connectivity index (χ2n) is 8.03. The van der Waals surface area contributed by atoms with Gasteiger partial charge in [-0.1, -0.05) is 37.3 Å². The van der Waals surface area contributed by atoms with Crippen LogP contribution in [0.4, 0.5) is 11.4 Å². The van der Waals surface area contributed by atoms with Crippen molar-refractivity contribution in [3.63, 3.8) is 0 Å². The van der Waals surface area contributed by atoms with Crippen LogP contribution < -0.4 is 14.5 Å². The van der Waals surface area contributed by atoms with Crippen molar-refractivity contribution in [2.24, 2.45) is 0 Å². The molecule has 0 amide bonds. The Morgan fingerprint density at radius 1 is 0.967 bits per heavy atom. The van der Waals surface area contributed by atoms with E-state index >= 15 is 0 Å². The molecule has 0 unspecified atom stereocenters. The molecule has 1 saturated heterocycles. The Hall–Kier alpha value is -2.09. The monoisotopic (exact) mass is 430 g/mol. The van der Waals surface area contributed by atoms with Gasteiger partial charge in [0.1, 0.15) is 0 Å². The average Bonchev–Trinajstić information content (AvgIpc) is 2.75. The number of hydrogen-bond acceptors (Lipinski definition) is 5. The largest absolute Gasteiger partial charge is 0.378 e. The second kappa shape index (κ2) is 10.3. The van der Waals surface area contributed by atoms with Gasteiger partial charge in [-0.2, -0.15) is 0 Å². The highest BCUT2D eigenvalue weighted by atomic mass is 32.2. The van der Waals surface area contributed by atoms with Gasteiger partial charge in [-0.25, -0.2) is 13.1 Å². The van der Waals surface area contributed by atoms with E-state index in [0.29, 0.717) is 13.0 Å². The molecule has 6 nitrogen and oxygen atoms in total. The SMILES string of the molecule is CCCS(=O)(=O)NC[C@H](c1ccc(N(C)C)cc1)N1CCN(c2ccccc2)CC1. The lowest BCUT2D eigenvalue weighted by molar-refractivity contribution is 0.187. The van der Waals surface area contributed by atoms with Gasteiger partial charge in [-0.05, 0) is 36.2 Å². The molecule has 1 aliphatic rings. The molecule has 1 aliphatic heterocycles. The summed E-state index contributed by atoms with van der Waals surface area (Å²) in [7, 11) is 0.800. The second-order valence-corrected chi connectivity index (χ2v) is 9.95. The van der Waals surface area contributed by atoms with Crippen molar-refractivity contribution in [3.05, 3.63) is 60.2 Å². The summed E-state index contributed by atoms with van der Waals surface area (Å²) in [4.78, 5) is 6.86. The van der Waals surface area contributed by atoms with Crippen molar-refractivity contribution in [2.45, 2.75) is 19.4 Å². The summed E-state index contributed by atoms with van der Waals surface area (Å²) in [6.07, 6.45) is 0.618. The Morgan fingerprint density at radius 3 is 2.17 bits per heavy atom. The van der Waals surface area contributed by atoms with Crippen LogP contribution in [-0.4, -0.2) is 65.9 Å². The maximum atomic E-state index is 12.3. The third-order valence-corrected chi connectivity index (χ3v) is 7.19. The minimum absolute atomic E-state index is 0.0192. The fraction of sp³-hybridized carbons (Fsp3) is 0.478. The minimum Gasteiger partial charge on any atom is -0.378 e. The van der Waals surface area contributed by atoms with Crippen molar-refractivity contribution in [2.75, 3.05) is 62.4 Å². The van der Waals surface area contributed by atoms with Gasteiger partial charge in [0.25, 0.3) is 0 Å². The highest BCUT2D eigenvalue weighted by Gasteiger charge is 2.26. The van der Waals surface area contributed by atoms with Crippen LogP contribution in [0.1, 0.15) is 24.9 Å². The number of para-hydroxylation sites is 1. The predicted octanol–water partition coefficient (Wildman–Crippen LogP) is 2.95. The molecule has 1 N–H and O–H groups in total. The van der Waals surface area contributed by atoms with Crippen molar-refractivity contribution in [1.29, 1.82) is 0 Å². The first-order valence-corrected chi connectivity index (χ1v) is 12.3. The molecule has 1 heterocycles. The topological polar surface area (TPSA) is 55.9 Å². The molecule has 0 saturated carbocycles. The molecule has 0 spiro atoms. The Balaban J connectivity index is 1.74. The molecule has 3 rings (SSSR count). The fourth-order valence-electron chi connectivity index (χ4n) is 3.93. The molecule has 164 valence electrons. The Bertz CT molecular complexity index is 877. The zero-order valence-electron chi connectivity index (χ0n) is 18.3. The number of piperazine rings is 1. The molecule has 2 aromatic carbocycles. The minimum atomic E-state index is -3.24. The third kappa shape index (κ3) is 5.97. The molecule has 0 bridgehead atoms. The highest BCUT2D eigenvalue weighted by molar-refractivity contribution is 7.89. The standard InChI is InChI=1S/C23H34N4O2S/c1-4-18-30(28,29)24-19-23(20-10-12-21(13-11-20)25(2)3)27-16-14-26(15-17-27)22-8-6-5-7-9-22/h5-13,23-24H,4,14-19H2,1-3H3/t23-/m1/s1. The number of rotatable bonds is 9. The smallest absolute Gasteiger partial charge is 0.211 e. The van der Waals surface area contributed by atoms with Gasteiger partial charge in [0.05, 0.1) is 5.75 Å². The first-order valence-electron chi connectivity index (χ1n) is 10.7. The van der Waals surface area contributed by atoms with E-state index in [1.54, 1.807) is 0 Å². The zero-order chi connectivity index (χ0) is 21.6. The number of nitrogens with zero attached hydrogens (tertiary/aromatic N) is 3. The Morgan fingerprint density at radius 2 is 1.60 bits per heavy atom.